The van der Waals surface area contributed by atoms with Crippen molar-refractivity contribution in [3.05, 3.63) is 95.6 Å². The van der Waals surface area contributed by atoms with E-state index < -0.39 is 15.0 Å². The fraction of sp³-hybridized carbons (Fsp3) is 0.0909. The van der Waals surface area contributed by atoms with E-state index in [1.54, 1.807) is 37.3 Å². The highest BCUT2D eigenvalue weighted by molar-refractivity contribution is 7.86. The molecule has 0 aliphatic rings. The summed E-state index contributed by atoms with van der Waals surface area (Å²) < 4.78 is 32.9. The second kappa shape index (κ2) is 10.7. The third kappa shape index (κ3) is 5.30. The molecule has 0 aliphatic heterocycles. The van der Waals surface area contributed by atoms with Crippen molar-refractivity contribution >= 4 is 70.9 Å². The number of benzene rings is 6. The van der Waals surface area contributed by atoms with Crippen LogP contribution < -0.4 is 5.73 Å². The molecule has 44 heavy (non-hydrogen) atoms. The molecule has 0 bridgehead atoms. The molecule has 0 radical (unpaired) electrons. The van der Waals surface area contributed by atoms with Crippen LogP contribution in [-0.2, 0) is 10.1 Å². The van der Waals surface area contributed by atoms with Crippen molar-refractivity contribution in [2.75, 3.05) is 5.73 Å². The van der Waals surface area contributed by atoms with Crippen LogP contribution in [0.4, 0.5) is 28.4 Å². The summed E-state index contributed by atoms with van der Waals surface area (Å²) in [6.45, 7) is 5.60. The average molecular weight is 606 g/mol. The van der Waals surface area contributed by atoms with Crippen molar-refractivity contribution in [2.45, 2.75) is 25.7 Å². The van der Waals surface area contributed by atoms with Crippen LogP contribution in [0.25, 0.3) is 32.3 Å². The van der Waals surface area contributed by atoms with E-state index in [0.717, 1.165) is 32.7 Å². The SMILES string of the molecule is Cc1cc(O)c2ccc(N=Nc3ccc(N=Nc4c(C)cc5cc(S(=O)(=O)O)c(N)cc5c4O)c4ccc(C)cc34)cc2c1. The maximum absolute atomic E-state index is 11.7. The van der Waals surface area contributed by atoms with Crippen LogP contribution >= 0.6 is 0 Å². The van der Waals surface area contributed by atoms with E-state index in [9.17, 15) is 23.2 Å². The molecule has 0 heterocycles. The van der Waals surface area contributed by atoms with Crippen LogP contribution in [0, 0.1) is 20.8 Å². The summed E-state index contributed by atoms with van der Waals surface area (Å²) in [5, 5.41) is 42.9. The molecule has 0 spiro atoms. The van der Waals surface area contributed by atoms with Crippen LogP contribution in [0.5, 0.6) is 11.5 Å². The lowest BCUT2D eigenvalue weighted by molar-refractivity contribution is 0.480. The van der Waals surface area contributed by atoms with Crippen LogP contribution in [0.2, 0.25) is 0 Å². The number of nitrogens with zero attached hydrogens (tertiary/aromatic N) is 4. The van der Waals surface area contributed by atoms with Gasteiger partial charge in [0.05, 0.1) is 22.7 Å². The Balaban J connectivity index is 1.39. The molecule has 11 heteroatoms. The van der Waals surface area contributed by atoms with Crippen LogP contribution in [0.3, 0.4) is 0 Å². The Morgan fingerprint density at radius 2 is 1.32 bits per heavy atom. The Morgan fingerprint density at radius 3 is 2.07 bits per heavy atom. The molecule has 0 unspecified atom stereocenters. The van der Waals surface area contributed by atoms with Crippen molar-refractivity contribution in [2.24, 2.45) is 20.5 Å². The molecular formula is C33H27N5O5S. The first kappa shape index (κ1) is 28.7. The maximum Gasteiger partial charge on any atom is 0.296 e. The van der Waals surface area contributed by atoms with Gasteiger partial charge in [0.1, 0.15) is 16.3 Å². The minimum atomic E-state index is -4.54. The number of rotatable bonds is 5. The fourth-order valence-electron chi connectivity index (χ4n) is 5.27. The van der Waals surface area contributed by atoms with Gasteiger partial charge in [-0.1, -0.05) is 23.8 Å². The van der Waals surface area contributed by atoms with Gasteiger partial charge in [0.2, 0.25) is 0 Å². The van der Waals surface area contributed by atoms with Gasteiger partial charge in [0.15, 0.2) is 5.75 Å². The summed E-state index contributed by atoms with van der Waals surface area (Å²) >= 11 is 0. The number of azo groups is 2. The van der Waals surface area contributed by atoms with Crippen LogP contribution in [0.1, 0.15) is 16.7 Å². The standard InChI is InChI=1S/C33H27N5O5S/c1-17-4-6-24-26(11-17)29(36-35-22-5-7-23-20(14-22)10-18(2)12-30(23)39)9-8-28(24)37-38-32-19(3)13-21-15-31(44(41,42)43)27(34)16-25(21)33(32)40/h4-16,39-40H,34H2,1-3H3,(H,41,42,43). The quantitative estimate of drug-likeness (QED) is 0.0867. The number of hydrogen-bond acceptors (Lipinski definition) is 9. The molecular weight excluding hydrogens is 578 g/mol. The van der Waals surface area contributed by atoms with Gasteiger partial charge >= 0.3 is 0 Å². The van der Waals surface area contributed by atoms with E-state index in [-0.39, 0.29) is 28.3 Å². The molecule has 0 aromatic heterocycles. The number of nitrogens with two attached hydrogens (primary N) is 1. The van der Waals surface area contributed by atoms with Crippen molar-refractivity contribution in [3.63, 3.8) is 0 Å². The monoisotopic (exact) mass is 605 g/mol. The van der Waals surface area contributed by atoms with E-state index in [0.29, 0.717) is 28.0 Å². The Morgan fingerprint density at radius 1 is 0.636 bits per heavy atom. The molecule has 0 amide bonds. The Kier molecular flexibility index (Phi) is 6.99. The van der Waals surface area contributed by atoms with Gasteiger partial charge in [-0.05, 0) is 103 Å². The first-order valence-corrected chi connectivity index (χ1v) is 15.0. The predicted octanol–water partition coefficient (Wildman–Crippen LogP) is 9.14. The molecule has 0 saturated heterocycles. The number of nitrogen functional groups attached to an aromatic ring is 1. The number of anilines is 1. The number of phenolic OH excluding ortho intramolecular Hbond substituents is 2. The van der Waals surface area contributed by atoms with Crippen LogP contribution in [-0.4, -0.2) is 23.2 Å². The highest BCUT2D eigenvalue weighted by Crippen LogP contribution is 2.42. The first-order valence-electron chi connectivity index (χ1n) is 13.5. The van der Waals surface area contributed by atoms with E-state index in [1.165, 1.54) is 12.1 Å². The number of hydrogen-bond donors (Lipinski definition) is 4. The average Bonchev–Trinajstić information content (AvgIpc) is 2.95. The maximum atomic E-state index is 11.7. The summed E-state index contributed by atoms with van der Waals surface area (Å²) in [7, 11) is -4.54. The zero-order valence-corrected chi connectivity index (χ0v) is 24.8. The third-order valence-electron chi connectivity index (χ3n) is 7.40. The van der Waals surface area contributed by atoms with E-state index in [2.05, 4.69) is 20.5 Å². The lowest BCUT2D eigenvalue weighted by Gasteiger charge is -2.11. The van der Waals surface area contributed by atoms with Gasteiger partial charge < -0.3 is 15.9 Å². The molecule has 220 valence electrons. The number of phenols is 2. The number of aromatic hydroxyl groups is 2. The highest BCUT2D eigenvalue weighted by atomic mass is 32.2. The molecule has 0 saturated carbocycles. The zero-order chi connectivity index (χ0) is 31.3. The van der Waals surface area contributed by atoms with Gasteiger partial charge in [-0.3, -0.25) is 4.55 Å². The third-order valence-corrected chi connectivity index (χ3v) is 8.31. The molecule has 6 aromatic carbocycles. The molecule has 6 aromatic rings. The fourth-order valence-corrected chi connectivity index (χ4v) is 5.90. The lowest BCUT2D eigenvalue weighted by Crippen LogP contribution is -2.03. The second-order valence-corrected chi connectivity index (χ2v) is 12.1. The van der Waals surface area contributed by atoms with Crippen molar-refractivity contribution in [1.29, 1.82) is 0 Å². The molecule has 10 nitrogen and oxygen atoms in total. The minimum Gasteiger partial charge on any atom is -0.507 e. The highest BCUT2D eigenvalue weighted by Gasteiger charge is 2.18. The van der Waals surface area contributed by atoms with Crippen molar-refractivity contribution < 1.29 is 23.2 Å². The molecule has 0 fully saturated rings. The summed E-state index contributed by atoms with van der Waals surface area (Å²) in [6, 6.07) is 22.7. The molecule has 0 aliphatic carbocycles. The Labute approximate surface area is 252 Å². The summed E-state index contributed by atoms with van der Waals surface area (Å²) in [5.74, 6) is -0.000800. The summed E-state index contributed by atoms with van der Waals surface area (Å²) in [6.07, 6.45) is 0. The van der Waals surface area contributed by atoms with Crippen molar-refractivity contribution in [3.8, 4) is 11.5 Å². The van der Waals surface area contributed by atoms with E-state index in [4.69, 9.17) is 5.73 Å². The normalized spacial score (nSPS) is 12.4. The summed E-state index contributed by atoms with van der Waals surface area (Å²) in [4.78, 5) is -0.438. The van der Waals surface area contributed by atoms with Gasteiger partial charge in [-0.25, -0.2) is 0 Å². The van der Waals surface area contributed by atoms with E-state index >= 15 is 0 Å². The molecule has 0 atom stereocenters. The minimum absolute atomic E-state index is 0.193. The Bertz CT molecular complexity index is 2330. The number of aryl methyl sites for hydroxylation is 3. The Hall–Kier alpha value is -5.39. The smallest absolute Gasteiger partial charge is 0.296 e. The second-order valence-electron chi connectivity index (χ2n) is 10.7. The van der Waals surface area contributed by atoms with Crippen LogP contribution in [0.15, 0.2) is 104 Å². The zero-order valence-electron chi connectivity index (χ0n) is 23.9. The largest absolute Gasteiger partial charge is 0.507 e. The van der Waals surface area contributed by atoms with Gasteiger partial charge in [0, 0.05) is 21.5 Å². The van der Waals surface area contributed by atoms with Gasteiger partial charge in [-0.2, -0.15) is 13.5 Å². The van der Waals surface area contributed by atoms with E-state index in [1.807, 2.05) is 50.2 Å². The van der Waals surface area contributed by atoms with Gasteiger partial charge in [-0.15, -0.1) is 15.3 Å². The van der Waals surface area contributed by atoms with Crippen molar-refractivity contribution in [1.82, 2.24) is 0 Å². The van der Waals surface area contributed by atoms with Gasteiger partial charge in [0.25, 0.3) is 10.1 Å². The first-order chi connectivity index (χ1) is 20.9. The number of fused-ring (bicyclic) bond motifs is 3. The molecule has 6 rings (SSSR count). The topological polar surface area (TPSA) is 170 Å². The molecule has 5 N–H and O–H groups in total. The summed E-state index contributed by atoms with van der Waals surface area (Å²) in [5.41, 5.74) is 10.1. The lowest BCUT2D eigenvalue weighted by atomic mass is 10.0. The predicted molar refractivity (Wildman–Crippen MR) is 172 cm³/mol.